The molecule has 8 heteroatoms. The van der Waals surface area contributed by atoms with Crippen LogP contribution in [0.4, 0.5) is 5.82 Å². The van der Waals surface area contributed by atoms with Crippen LogP contribution in [-0.2, 0) is 13.2 Å². The predicted octanol–water partition coefficient (Wildman–Crippen LogP) is 4.12. The van der Waals surface area contributed by atoms with E-state index in [1.54, 1.807) is 10.8 Å². The van der Waals surface area contributed by atoms with Gasteiger partial charge >= 0.3 is 0 Å². The van der Waals surface area contributed by atoms with Crippen molar-refractivity contribution in [2.45, 2.75) is 33.4 Å². The second kappa shape index (κ2) is 8.48. The average Bonchev–Trinajstić information content (AvgIpc) is 3.25. The molecule has 0 spiro atoms. The fourth-order valence-electron chi connectivity index (χ4n) is 2.80. The first-order valence-corrected chi connectivity index (χ1v) is 9.36. The number of imidazole rings is 1. The second-order valence-corrected chi connectivity index (χ2v) is 7.04. The van der Waals surface area contributed by atoms with Gasteiger partial charge in [-0.3, -0.25) is 9.36 Å². The highest BCUT2D eigenvalue weighted by Gasteiger charge is 2.25. The quantitative estimate of drug-likeness (QED) is 0.528. The minimum absolute atomic E-state index is 0.00742. The monoisotopic (exact) mass is 402 g/mol. The van der Waals surface area contributed by atoms with E-state index in [1.807, 2.05) is 57.1 Å². The Morgan fingerprint density at radius 1 is 1.29 bits per heavy atom. The van der Waals surface area contributed by atoms with Crippen LogP contribution in [0.1, 0.15) is 41.0 Å². The highest BCUT2D eigenvalue weighted by molar-refractivity contribution is 6.30. The molecular weight excluding hydrogens is 380 g/mol. The molecule has 2 aromatic heterocycles. The standard InChI is InChI=1S/C20H23ClN4O3/c1-5-16(26)18-19(24(3)4)23-20(27-12-17-22-10-13(2)28-17)25(18)11-14-6-8-15(21)9-7-14/h6-10H,5,11-12H2,1-4H3. The van der Waals surface area contributed by atoms with Crippen LogP contribution in [0.15, 0.2) is 34.9 Å². The number of ether oxygens (including phenoxy) is 1. The molecule has 0 unspecified atom stereocenters. The topological polar surface area (TPSA) is 73.4 Å². The largest absolute Gasteiger partial charge is 0.455 e. The number of anilines is 1. The van der Waals surface area contributed by atoms with Gasteiger partial charge in [0.05, 0.1) is 12.7 Å². The zero-order chi connectivity index (χ0) is 20.3. The number of carbonyl (C=O) groups excluding carboxylic acids is 1. The first kappa shape index (κ1) is 19.9. The number of rotatable bonds is 8. The lowest BCUT2D eigenvalue weighted by molar-refractivity contribution is 0.0978. The molecule has 1 aromatic carbocycles. The van der Waals surface area contributed by atoms with E-state index in [2.05, 4.69) is 9.97 Å². The van der Waals surface area contributed by atoms with Gasteiger partial charge in [0.25, 0.3) is 6.01 Å². The fourth-order valence-corrected chi connectivity index (χ4v) is 2.92. The third kappa shape index (κ3) is 4.36. The SMILES string of the molecule is CCC(=O)c1c(N(C)C)nc(OCc2ncc(C)o2)n1Cc1ccc(Cl)cc1. The van der Waals surface area contributed by atoms with Gasteiger partial charge in [0.2, 0.25) is 5.89 Å². The van der Waals surface area contributed by atoms with Crippen molar-refractivity contribution in [3.63, 3.8) is 0 Å². The van der Waals surface area contributed by atoms with Crippen molar-refractivity contribution in [3.8, 4) is 6.01 Å². The van der Waals surface area contributed by atoms with Gasteiger partial charge in [-0.1, -0.05) is 30.7 Å². The Morgan fingerprint density at radius 2 is 2.00 bits per heavy atom. The van der Waals surface area contributed by atoms with Gasteiger partial charge in [0.1, 0.15) is 11.5 Å². The first-order valence-electron chi connectivity index (χ1n) is 8.98. The zero-order valence-corrected chi connectivity index (χ0v) is 17.2. The number of aromatic nitrogens is 3. The molecule has 0 saturated carbocycles. The second-order valence-electron chi connectivity index (χ2n) is 6.60. The molecule has 0 aliphatic carbocycles. The van der Waals surface area contributed by atoms with E-state index in [0.29, 0.717) is 47.2 Å². The number of oxazole rings is 1. The summed E-state index contributed by atoms with van der Waals surface area (Å²) in [6.45, 7) is 4.20. The Morgan fingerprint density at radius 3 is 2.57 bits per heavy atom. The van der Waals surface area contributed by atoms with E-state index >= 15 is 0 Å². The minimum atomic E-state index is -0.00742. The van der Waals surface area contributed by atoms with Crippen molar-refractivity contribution >= 4 is 23.2 Å². The maximum absolute atomic E-state index is 12.7. The van der Waals surface area contributed by atoms with Gasteiger partial charge in [0.15, 0.2) is 18.2 Å². The number of hydrogen-bond acceptors (Lipinski definition) is 6. The lowest BCUT2D eigenvalue weighted by atomic mass is 10.2. The summed E-state index contributed by atoms with van der Waals surface area (Å²) < 4.78 is 13.1. The number of benzene rings is 1. The average molecular weight is 403 g/mol. The van der Waals surface area contributed by atoms with Crippen LogP contribution < -0.4 is 9.64 Å². The number of ketones is 1. The Labute approximate surface area is 168 Å². The van der Waals surface area contributed by atoms with Crippen molar-refractivity contribution in [2.24, 2.45) is 0 Å². The summed E-state index contributed by atoms with van der Waals surface area (Å²) in [6, 6.07) is 7.81. The van der Waals surface area contributed by atoms with Crippen molar-refractivity contribution in [1.82, 2.24) is 14.5 Å². The molecule has 2 heterocycles. The van der Waals surface area contributed by atoms with Crippen molar-refractivity contribution in [1.29, 1.82) is 0 Å². The number of Topliss-reactive ketones (excluding diaryl/α,β-unsaturated/α-hetero) is 1. The van der Waals surface area contributed by atoms with E-state index in [1.165, 1.54) is 0 Å². The molecule has 0 radical (unpaired) electrons. The van der Waals surface area contributed by atoms with E-state index in [0.717, 1.165) is 5.56 Å². The molecule has 148 valence electrons. The summed E-state index contributed by atoms with van der Waals surface area (Å²) in [5.41, 5.74) is 1.50. The van der Waals surface area contributed by atoms with Crippen LogP contribution in [0.2, 0.25) is 5.02 Å². The molecule has 3 rings (SSSR count). The molecule has 0 aliphatic rings. The summed E-state index contributed by atoms with van der Waals surface area (Å²) in [4.78, 5) is 23.2. The molecule has 0 bridgehead atoms. The lowest BCUT2D eigenvalue weighted by Crippen LogP contribution is -2.17. The van der Waals surface area contributed by atoms with Crippen LogP contribution in [0.3, 0.4) is 0 Å². The summed E-state index contributed by atoms with van der Waals surface area (Å²) >= 11 is 5.99. The Bertz CT molecular complexity index is 960. The number of nitrogens with zero attached hydrogens (tertiary/aromatic N) is 4. The van der Waals surface area contributed by atoms with E-state index in [9.17, 15) is 4.79 Å². The molecule has 0 saturated heterocycles. The molecule has 3 aromatic rings. The van der Waals surface area contributed by atoms with Crippen LogP contribution in [0.5, 0.6) is 6.01 Å². The first-order chi connectivity index (χ1) is 13.4. The minimum Gasteiger partial charge on any atom is -0.455 e. The Kier molecular flexibility index (Phi) is 6.04. The van der Waals surface area contributed by atoms with Gasteiger partial charge in [-0.05, 0) is 24.6 Å². The molecule has 0 atom stereocenters. The van der Waals surface area contributed by atoms with E-state index < -0.39 is 0 Å². The number of aryl methyl sites for hydroxylation is 1. The number of halogens is 1. The van der Waals surface area contributed by atoms with Crippen molar-refractivity contribution in [3.05, 3.63) is 58.4 Å². The predicted molar refractivity (Wildman–Crippen MR) is 107 cm³/mol. The molecule has 0 amide bonds. The van der Waals surface area contributed by atoms with E-state index in [-0.39, 0.29) is 12.4 Å². The zero-order valence-electron chi connectivity index (χ0n) is 16.4. The maximum Gasteiger partial charge on any atom is 0.299 e. The molecule has 28 heavy (non-hydrogen) atoms. The molecular formula is C20H23ClN4O3. The van der Waals surface area contributed by atoms with Gasteiger partial charge in [-0.2, -0.15) is 4.98 Å². The summed E-state index contributed by atoms with van der Waals surface area (Å²) in [5, 5.41) is 0.656. The third-order valence-corrected chi connectivity index (χ3v) is 4.42. The van der Waals surface area contributed by atoms with E-state index in [4.69, 9.17) is 20.8 Å². The highest BCUT2D eigenvalue weighted by Crippen LogP contribution is 2.28. The van der Waals surface area contributed by atoms with Crippen LogP contribution in [-0.4, -0.2) is 34.4 Å². The smallest absolute Gasteiger partial charge is 0.299 e. The fraction of sp³-hybridized carbons (Fsp3) is 0.350. The molecule has 0 N–H and O–H groups in total. The Hall–Kier alpha value is -2.80. The third-order valence-electron chi connectivity index (χ3n) is 4.17. The maximum atomic E-state index is 12.7. The number of hydrogen-bond donors (Lipinski definition) is 0. The summed E-state index contributed by atoms with van der Waals surface area (Å²) in [7, 11) is 3.70. The highest BCUT2D eigenvalue weighted by atomic mass is 35.5. The number of carbonyl (C=O) groups is 1. The van der Waals surface area contributed by atoms with Gasteiger partial charge in [-0.15, -0.1) is 0 Å². The Balaban J connectivity index is 2.00. The summed E-state index contributed by atoms with van der Waals surface area (Å²) in [5.74, 6) is 1.72. The van der Waals surface area contributed by atoms with Crippen molar-refractivity contribution < 1.29 is 13.9 Å². The van der Waals surface area contributed by atoms with Crippen molar-refractivity contribution in [2.75, 3.05) is 19.0 Å². The lowest BCUT2D eigenvalue weighted by Gasteiger charge is -2.13. The molecule has 7 nitrogen and oxygen atoms in total. The van der Waals surface area contributed by atoms with Crippen LogP contribution in [0, 0.1) is 6.92 Å². The van der Waals surface area contributed by atoms with Gasteiger partial charge < -0.3 is 14.1 Å². The van der Waals surface area contributed by atoms with Gasteiger partial charge in [-0.25, -0.2) is 4.98 Å². The van der Waals surface area contributed by atoms with Crippen LogP contribution in [0.25, 0.3) is 0 Å². The van der Waals surface area contributed by atoms with Gasteiger partial charge in [0, 0.05) is 25.5 Å². The van der Waals surface area contributed by atoms with Crippen LogP contribution >= 0.6 is 11.6 Å². The normalized spacial score (nSPS) is 10.9. The summed E-state index contributed by atoms with van der Waals surface area (Å²) in [6.07, 6.45) is 2.00. The molecule has 0 fully saturated rings. The molecule has 0 aliphatic heterocycles.